The van der Waals surface area contributed by atoms with Gasteiger partial charge in [-0.2, -0.15) is 0 Å². The van der Waals surface area contributed by atoms with Crippen LogP contribution in [0.3, 0.4) is 0 Å². The van der Waals surface area contributed by atoms with Gasteiger partial charge >= 0.3 is 0 Å². The minimum absolute atomic E-state index is 0.193. The summed E-state index contributed by atoms with van der Waals surface area (Å²) in [6, 6.07) is 23.9. The first-order valence-electron chi connectivity index (χ1n) is 9.16. The van der Waals surface area contributed by atoms with Gasteiger partial charge in [0.05, 0.1) is 7.11 Å². The molecule has 0 aliphatic rings. The summed E-state index contributed by atoms with van der Waals surface area (Å²) in [6.07, 6.45) is 0.337. The third-order valence-electron chi connectivity index (χ3n) is 4.59. The van der Waals surface area contributed by atoms with Crippen LogP contribution in [0.4, 0.5) is 5.69 Å². The molecule has 0 saturated carbocycles. The van der Waals surface area contributed by atoms with E-state index in [2.05, 4.69) is 5.32 Å². The van der Waals surface area contributed by atoms with Gasteiger partial charge in [-0.25, -0.2) is 0 Å². The molecule has 1 atom stereocenters. The quantitative estimate of drug-likeness (QED) is 0.483. The standard InChI is InChI=1S/C24H23NO3/c1-17-11-13-18(14-12-17)15-22(23(26)19-7-4-3-5-8-19)24(27)25-20-9-6-10-21(16-20)28-2/h3-14,16,22H,15H2,1-2H3,(H,25,27)/t22-/m1/s1. The number of ketones is 1. The van der Waals surface area contributed by atoms with Crippen LogP contribution in [0, 0.1) is 12.8 Å². The van der Waals surface area contributed by atoms with Crippen LogP contribution in [0.2, 0.25) is 0 Å². The normalized spacial score (nSPS) is 11.5. The third kappa shape index (κ3) is 4.86. The van der Waals surface area contributed by atoms with Crippen LogP contribution >= 0.6 is 0 Å². The molecule has 3 aromatic carbocycles. The van der Waals surface area contributed by atoms with Crippen LogP contribution in [0.5, 0.6) is 5.75 Å². The zero-order valence-electron chi connectivity index (χ0n) is 16.0. The lowest BCUT2D eigenvalue weighted by Gasteiger charge is -2.17. The number of carbonyl (C=O) groups excluding carboxylic acids is 2. The first kappa shape index (κ1) is 19.4. The van der Waals surface area contributed by atoms with E-state index in [1.165, 1.54) is 0 Å². The fraction of sp³-hybridized carbons (Fsp3) is 0.167. The molecule has 1 N–H and O–H groups in total. The Morgan fingerprint density at radius 3 is 2.32 bits per heavy atom. The molecule has 1 amide bonds. The van der Waals surface area contributed by atoms with E-state index < -0.39 is 5.92 Å². The molecule has 0 fully saturated rings. The summed E-state index contributed by atoms with van der Waals surface area (Å²) in [5.41, 5.74) is 3.20. The number of Topliss-reactive ketones (excluding diaryl/α,β-unsaturated/α-hetero) is 1. The summed E-state index contributed by atoms with van der Waals surface area (Å²) in [7, 11) is 1.57. The van der Waals surface area contributed by atoms with Crippen molar-refractivity contribution in [2.75, 3.05) is 12.4 Å². The summed E-state index contributed by atoms with van der Waals surface area (Å²) < 4.78 is 5.20. The molecule has 4 heteroatoms. The fourth-order valence-electron chi connectivity index (χ4n) is 3.00. The van der Waals surface area contributed by atoms with E-state index in [0.717, 1.165) is 11.1 Å². The highest BCUT2D eigenvalue weighted by molar-refractivity contribution is 6.13. The van der Waals surface area contributed by atoms with E-state index >= 15 is 0 Å². The summed E-state index contributed by atoms with van der Waals surface area (Å²) in [4.78, 5) is 26.1. The number of methoxy groups -OCH3 is 1. The van der Waals surface area contributed by atoms with Crippen LogP contribution in [0.15, 0.2) is 78.9 Å². The number of aryl methyl sites for hydroxylation is 1. The largest absolute Gasteiger partial charge is 0.497 e. The third-order valence-corrected chi connectivity index (χ3v) is 4.59. The molecule has 4 nitrogen and oxygen atoms in total. The Hall–Kier alpha value is -3.40. The molecule has 142 valence electrons. The topological polar surface area (TPSA) is 55.4 Å². The molecule has 3 aromatic rings. The summed E-state index contributed by atoms with van der Waals surface area (Å²) in [5, 5.41) is 2.86. The number of hydrogen-bond donors (Lipinski definition) is 1. The Kier molecular flexibility index (Phi) is 6.22. The molecule has 0 bridgehead atoms. The first-order valence-corrected chi connectivity index (χ1v) is 9.16. The van der Waals surface area contributed by atoms with Crippen molar-refractivity contribution >= 4 is 17.4 Å². The van der Waals surface area contributed by atoms with Gasteiger partial charge in [-0.3, -0.25) is 9.59 Å². The van der Waals surface area contributed by atoms with Crippen molar-refractivity contribution in [3.8, 4) is 5.75 Å². The molecule has 0 unspecified atom stereocenters. The lowest BCUT2D eigenvalue weighted by atomic mass is 9.90. The molecule has 0 heterocycles. The molecule has 3 rings (SSSR count). The lowest BCUT2D eigenvalue weighted by Crippen LogP contribution is -2.31. The molecule has 0 aliphatic carbocycles. The average molecular weight is 373 g/mol. The Morgan fingerprint density at radius 2 is 1.64 bits per heavy atom. The van der Waals surface area contributed by atoms with Crippen LogP contribution in [0.1, 0.15) is 21.5 Å². The molecule has 28 heavy (non-hydrogen) atoms. The van der Waals surface area contributed by atoms with Crippen molar-refractivity contribution in [3.05, 3.63) is 95.6 Å². The van der Waals surface area contributed by atoms with Gasteiger partial charge in [0.2, 0.25) is 5.91 Å². The average Bonchev–Trinajstić information content (AvgIpc) is 2.73. The number of benzene rings is 3. The maximum absolute atomic E-state index is 13.1. The number of anilines is 1. The highest BCUT2D eigenvalue weighted by atomic mass is 16.5. The summed E-state index contributed by atoms with van der Waals surface area (Å²) in [5.74, 6) is -0.706. The van der Waals surface area contributed by atoms with Crippen molar-refractivity contribution in [3.63, 3.8) is 0 Å². The number of carbonyl (C=O) groups is 2. The maximum Gasteiger partial charge on any atom is 0.235 e. The van der Waals surface area contributed by atoms with E-state index in [4.69, 9.17) is 4.74 Å². The van der Waals surface area contributed by atoms with Gasteiger partial charge in [0.25, 0.3) is 0 Å². The highest BCUT2D eigenvalue weighted by Gasteiger charge is 2.28. The SMILES string of the molecule is COc1cccc(NC(=O)[C@H](Cc2ccc(C)cc2)C(=O)c2ccccc2)c1. The molecule has 0 saturated heterocycles. The number of amides is 1. The Morgan fingerprint density at radius 1 is 0.929 bits per heavy atom. The Bertz CT molecular complexity index is 949. The number of nitrogens with one attached hydrogen (secondary N) is 1. The van der Waals surface area contributed by atoms with Gasteiger partial charge in [0, 0.05) is 17.3 Å². The van der Waals surface area contributed by atoms with Crippen LogP contribution in [-0.2, 0) is 11.2 Å². The second-order valence-corrected chi connectivity index (χ2v) is 6.69. The van der Waals surface area contributed by atoms with Gasteiger partial charge in [-0.05, 0) is 31.0 Å². The lowest BCUT2D eigenvalue weighted by molar-refractivity contribution is -0.118. The molecule has 0 aliphatic heterocycles. The van der Waals surface area contributed by atoms with Crippen molar-refractivity contribution in [2.45, 2.75) is 13.3 Å². The Labute approximate surface area is 165 Å². The van der Waals surface area contributed by atoms with E-state index in [0.29, 0.717) is 23.4 Å². The Balaban J connectivity index is 1.86. The minimum atomic E-state index is -0.823. The number of rotatable bonds is 7. The van der Waals surface area contributed by atoms with E-state index in [1.54, 1.807) is 55.6 Å². The highest BCUT2D eigenvalue weighted by Crippen LogP contribution is 2.21. The maximum atomic E-state index is 13.1. The van der Waals surface area contributed by atoms with Crippen molar-refractivity contribution < 1.29 is 14.3 Å². The zero-order valence-corrected chi connectivity index (χ0v) is 16.0. The van der Waals surface area contributed by atoms with E-state index in [1.807, 2.05) is 37.3 Å². The van der Waals surface area contributed by atoms with E-state index in [9.17, 15) is 9.59 Å². The molecular formula is C24H23NO3. The van der Waals surface area contributed by atoms with Gasteiger partial charge in [-0.15, -0.1) is 0 Å². The van der Waals surface area contributed by atoms with Crippen molar-refractivity contribution in [1.82, 2.24) is 0 Å². The zero-order chi connectivity index (χ0) is 19.9. The van der Waals surface area contributed by atoms with Crippen LogP contribution in [-0.4, -0.2) is 18.8 Å². The van der Waals surface area contributed by atoms with Crippen molar-refractivity contribution in [2.24, 2.45) is 5.92 Å². The monoisotopic (exact) mass is 373 g/mol. The van der Waals surface area contributed by atoms with Crippen LogP contribution in [0.25, 0.3) is 0 Å². The van der Waals surface area contributed by atoms with Gasteiger partial charge < -0.3 is 10.1 Å². The second-order valence-electron chi connectivity index (χ2n) is 6.69. The smallest absolute Gasteiger partial charge is 0.235 e. The summed E-state index contributed by atoms with van der Waals surface area (Å²) >= 11 is 0. The summed E-state index contributed by atoms with van der Waals surface area (Å²) in [6.45, 7) is 2.01. The predicted molar refractivity (Wildman–Crippen MR) is 111 cm³/mol. The molecule has 0 spiro atoms. The predicted octanol–water partition coefficient (Wildman–Crippen LogP) is 4.68. The number of hydrogen-bond acceptors (Lipinski definition) is 3. The minimum Gasteiger partial charge on any atom is -0.497 e. The van der Waals surface area contributed by atoms with Gasteiger partial charge in [0.15, 0.2) is 5.78 Å². The second kappa shape index (κ2) is 9.00. The molecule has 0 aromatic heterocycles. The van der Waals surface area contributed by atoms with Gasteiger partial charge in [-0.1, -0.05) is 66.2 Å². The van der Waals surface area contributed by atoms with Gasteiger partial charge in [0.1, 0.15) is 11.7 Å². The number of ether oxygens (including phenoxy) is 1. The first-order chi connectivity index (χ1) is 13.6. The van der Waals surface area contributed by atoms with Crippen LogP contribution < -0.4 is 10.1 Å². The molecule has 0 radical (unpaired) electrons. The molecular weight excluding hydrogens is 350 g/mol. The van der Waals surface area contributed by atoms with E-state index in [-0.39, 0.29) is 11.7 Å². The fourth-order valence-corrected chi connectivity index (χ4v) is 3.00. The van der Waals surface area contributed by atoms with Crippen molar-refractivity contribution in [1.29, 1.82) is 0 Å².